The Morgan fingerprint density at radius 2 is 1.80 bits per heavy atom. The molecule has 9 heteroatoms. The summed E-state index contributed by atoms with van der Waals surface area (Å²) in [5, 5.41) is 21.1. The maximum Gasteiger partial charge on any atom is 0.274 e. The molecule has 0 aliphatic heterocycles. The summed E-state index contributed by atoms with van der Waals surface area (Å²) >= 11 is 0. The van der Waals surface area contributed by atoms with Gasteiger partial charge in [-0.1, -0.05) is 6.07 Å². The lowest BCUT2D eigenvalue weighted by atomic mass is 10.00. The molecule has 0 unspecified atom stereocenters. The fraction of sp³-hybridized carbons (Fsp3) is 0.143. The third-order valence-electron chi connectivity index (χ3n) is 4.68. The van der Waals surface area contributed by atoms with Crippen LogP contribution in [0.15, 0.2) is 55.1 Å². The van der Waals surface area contributed by atoms with Gasteiger partial charge in [-0.3, -0.25) is 20.0 Å². The lowest BCUT2D eigenvalue weighted by Gasteiger charge is -2.11. The standard InChI is InChI=1S/C21H19N7O2/c22-18-4-3-13(14-7-16(10-24-9-14)28-20(29)12-1-2-12)8-17(18)19(23)21(30)27-15-5-6-25-26-11-15/h3-12,23H,1-2,22H2,(H,28,29)(H,25,27,30). The van der Waals surface area contributed by atoms with E-state index in [9.17, 15) is 9.59 Å². The van der Waals surface area contributed by atoms with Crippen molar-refractivity contribution in [3.8, 4) is 11.1 Å². The highest BCUT2D eigenvalue weighted by atomic mass is 16.2. The highest BCUT2D eigenvalue weighted by molar-refractivity contribution is 6.48. The van der Waals surface area contributed by atoms with Crippen LogP contribution < -0.4 is 16.4 Å². The molecule has 1 saturated carbocycles. The average molecular weight is 401 g/mol. The minimum absolute atomic E-state index is 0.00371. The monoisotopic (exact) mass is 401 g/mol. The van der Waals surface area contributed by atoms with E-state index >= 15 is 0 Å². The van der Waals surface area contributed by atoms with Gasteiger partial charge in [0.25, 0.3) is 5.91 Å². The number of anilines is 3. The van der Waals surface area contributed by atoms with E-state index in [0.717, 1.165) is 24.0 Å². The molecule has 0 radical (unpaired) electrons. The second-order valence-electron chi connectivity index (χ2n) is 6.99. The van der Waals surface area contributed by atoms with E-state index in [2.05, 4.69) is 25.8 Å². The number of pyridine rings is 1. The van der Waals surface area contributed by atoms with Gasteiger partial charge in [0.15, 0.2) is 0 Å². The summed E-state index contributed by atoms with van der Waals surface area (Å²) < 4.78 is 0. The van der Waals surface area contributed by atoms with Crippen molar-refractivity contribution < 1.29 is 9.59 Å². The first-order valence-electron chi connectivity index (χ1n) is 9.34. The molecular weight excluding hydrogens is 382 g/mol. The van der Waals surface area contributed by atoms with Crippen LogP contribution >= 0.6 is 0 Å². The molecule has 30 heavy (non-hydrogen) atoms. The van der Waals surface area contributed by atoms with Crippen LogP contribution in [0.25, 0.3) is 11.1 Å². The first-order valence-corrected chi connectivity index (χ1v) is 9.34. The molecule has 3 aromatic rings. The number of hydrogen-bond acceptors (Lipinski definition) is 7. The molecule has 2 heterocycles. The number of nitrogen functional groups attached to an aromatic ring is 1. The smallest absolute Gasteiger partial charge is 0.274 e. The number of hydrogen-bond donors (Lipinski definition) is 4. The maximum atomic E-state index is 12.5. The van der Waals surface area contributed by atoms with Crippen molar-refractivity contribution in [2.75, 3.05) is 16.4 Å². The third-order valence-corrected chi connectivity index (χ3v) is 4.68. The van der Waals surface area contributed by atoms with Gasteiger partial charge in [0.2, 0.25) is 5.91 Å². The highest BCUT2D eigenvalue weighted by Crippen LogP contribution is 2.31. The molecule has 0 spiro atoms. The summed E-state index contributed by atoms with van der Waals surface area (Å²) in [4.78, 5) is 28.6. The molecule has 1 aliphatic rings. The van der Waals surface area contributed by atoms with Crippen LogP contribution in [-0.2, 0) is 9.59 Å². The van der Waals surface area contributed by atoms with E-state index in [4.69, 9.17) is 11.1 Å². The number of rotatable bonds is 6. The molecule has 1 fully saturated rings. The first-order chi connectivity index (χ1) is 14.5. The summed E-state index contributed by atoms with van der Waals surface area (Å²) in [6.45, 7) is 0. The quantitative estimate of drug-likeness (QED) is 0.368. The van der Waals surface area contributed by atoms with Crippen molar-refractivity contribution >= 4 is 34.6 Å². The third kappa shape index (κ3) is 4.30. The van der Waals surface area contributed by atoms with Crippen LogP contribution in [0.2, 0.25) is 0 Å². The van der Waals surface area contributed by atoms with Crippen LogP contribution in [0.5, 0.6) is 0 Å². The maximum absolute atomic E-state index is 12.5. The zero-order valence-corrected chi connectivity index (χ0v) is 15.9. The van der Waals surface area contributed by atoms with Crippen LogP contribution in [-0.4, -0.2) is 32.7 Å². The van der Waals surface area contributed by atoms with E-state index in [-0.39, 0.29) is 17.5 Å². The molecule has 5 N–H and O–H groups in total. The normalized spacial score (nSPS) is 12.8. The number of carbonyl (C=O) groups excluding carboxylic acids is 2. The molecule has 0 bridgehead atoms. The van der Waals surface area contributed by atoms with Gasteiger partial charge in [-0.15, -0.1) is 0 Å². The van der Waals surface area contributed by atoms with Gasteiger partial charge in [0.05, 0.1) is 30.0 Å². The van der Waals surface area contributed by atoms with E-state index < -0.39 is 5.91 Å². The second-order valence-corrected chi connectivity index (χ2v) is 6.99. The summed E-state index contributed by atoms with van der Waals surface area (Å²) in [5.74, 6) is -0.530. The van der Waals surface area contributed by atoms with Gasteiger partial charge in [0.1, 0.15) is 5.71 Å². The summed E-state index contributed by atoms with van der Waals surface area (Å²) in [6, 6.07) is 8.45. The van der Waals surface area contributed by atoms with E-state index in [1.165, 1.54) is 12.4 Å². The largest absolute Gasteiger partial charge is 0.398 e. The Kier molecular flexibility index (Phi) is 5.17. The molecule has 1 aromatic carbocycles. The number of benzene rings is 1. The SMILES string of the molecule is N=C(C(=O)Nc1ccnnc1)c1cc(-c2cncc(NC(=O)C3CC3)c2)ccc1N. The predicted molar refractivity (Wildman–Crippen MR) is 113 cm³/mol. The Balaban J connectivity index is 1.56. The molecule has 0 saturated heterocycles. The predicted octanol–water partition coefficient (Wildman–Crippen LogP) is 2.48. The molecule has 1 aliphatic carbocycles. The number of amides is 2. The molecule has 9 nitrogen and oxygen atoms in total. The minimum Gasteiger partial charge on any atom is -0.398 e. The Labute approximate surface area is 172 Å². The summed E-state index contributed by atoms with van der Waals surface area (Å²) in [5.41, 5.74) is 8.81. The van der Waals surface area contributed by atoms with Crippen molar-refractivity contribution in [1.29, 1.82) is 5.41 Å². The van der Waals surface area contributed by atoms with Gasteiger partial charge in [-0.05, 0) is 42.7 Å². The van der Waals surface area contributed by atoms with Crippen molar-refractivity contribution in [3.63, 3.8) is 0 Å². The van der Waals surface area contributed by atoms with Gasteiger partial charge in [-0.25, -0.2) is 0 Å². The van der Waals surface area contributed by atoms with Crippen LogP contribution in [0, 0.1) is 11.3 Å². The number of nitrogens with two attached hydrogens (primary N) is 1. The van der Waals surface area contributed by atoms with Crippen LogP contribution in [0.4, 0.5) is 17.1 Å². The minimum atomic E-state index is -0.615. The average Bonchev–Trinajstić information content (AvgIpc) is 3.60. The summed E-state index contributed by atoms with van der Waals surface area (Å²) in [6.07, 6.45) is 7.89. The highest BCUT2D eigenvalue weighted by Gasteiger charge is 2.29. The fourth-order valence-electron chi connectivity index (χ4n) is 2.89. The summed E-state index contributed by atoms with van der Waals surface area (Å²) in [7, 11) is 0. The van der Waals surface area contributed by atoms with E-state index in [0.29, 0.717) is 22.6 Å². The molecule has 0 atom stereocenters. The molecule has 2 amide bonds. The van der Waals surface area contributed by atoms with Crippen molar-refractivity contribution in [3.05, 3.63) is 60.7 Å². The number of nitrogens with zero attached hydrogens (tertiary/aromatic N) is 3. The number of carbonyl (C=O) groups is 2. The van der Waals surface area contributed by atoms with Crippen LogP contribution in [0.3, 0.4) is 0 Å². The van der Waals surface area contributed by atoms with Gasteiger partial charge in [0, 0.05) is 28.9 Å². The number of aromatic nitrogens is 3. The Bertz CT molecular complexity index is 1130. The van der Waals surface area contributed by atoms with Gasteiger partial charge < -0.3 is 16.4 Å². The van der Waals surface area contributed by atoms with Crippen LogP contribution in [0.1, 0.15) is 18.4 Å². The van der Waals surface area contributed by atoms with Crippen molar-refractivity contribution in [1.82, 2.24) is 15.2 Å². The Hall–Kier alpha value is -4.14. The topological polar surface area (TPSA) is 147 Å². The van der Waals surface area contributed by atoms with E-state index in [1.807, 2.05) is 0 Å². The first kappa shape index (κ1) is 19.2. The number of nitrogens with one attached hydrogen (secondary N) is 3. The lowest BCUT2D eigenvalue weighted by molar-refractivity contribution is -0.117. The zero-order chi connectivity index (χ0) is 21.1. The molecular formula is C21H19N7O2. The van der Waals surface area contributed by atoms with Gasteiger partial charge in [-0.2, -0.15) is 10.2 Å². The van der Waals surface area contributed by atoms with E-state index in [1.54, 1.807) is 42.7 Å². The molecule has 2 aromatic heterocycles. The molecule has 4 rings (SSSR count). The Morgan fingerprint density at radius 3 is 2.53 bits per heavy atom. The zero-order valence-electron chi connectivity index (χ0n) is 15.9. The van der Waals surface area contributed by atoms with Crippen molar-refractivity contribution in [2.45, 2.75) is 12.8 Å². The second kappa shape index (κ2) is 8.08. The van der Waals surface area contributed by atoms with Crippen molar-refractivity contribution in [2.24, 2.45) is 5.92 Å². The van der Waals surface area contributed by atoms with Gasteiger partial charge >= 0.3 is 0 Å². The lowest BCUT2D eigenvalue weighted by Crippen LogP contribution is -2.24. The fourth-order valence-corrected chi connectivity index (χ4v) is 2.89. The Morgan fingerprint density at radius 1 is 0.967 bits per heavy atom. The molecule has 150 valence electrons.